The number of hydrogen-bond acceptors (Lipinski definition) is 3. The lowest BCUT2D eigenvalue weighted by atomic mass is 9.89. The van der Waals surface area contributed by atoms with E-state index in [4.69, 9.17) is 11.6 Å². The molecule has 1 N–H and O–H groups in total. The van der Waals surface area contributed by atoms with Crippen molar-refractivity contribution in [3.63, 3.8) is 0 Å². The Labute approximate surface area is 143 Å². The molecule has 124 valence electrons. The third-order valence-corrected chi connectivity index (χ3v) is 4.80. The van der Waals surface area contributed by atoms with Crippen LogP contribution in [-0.4, -0.2) is 34.3 Å². The van der Waals surface area contributed by atoms with Crippen LogP contribution in [0, 0.1) is 5.41 Å². The van der Waals surface area contributed by atoms with Crippen molar-refractivity contribution in [3.8, 4) is 0 Å². The van der Waals surface area contributed by atoms with Crippen LogP contribution in [0.15, 0.2) is 36.7 Å². The minimum absolute atomic E-state index is 0.342. The zero-order valence-corrected chi connectivity index (χ0v) is 14.7. The Kier molecular flexibility index (Phi) is 5.05. The topological polar surface area (TPSA) is 33.1 Å². The Bertz CT molecular complexity index is 629. The van der Waals surface area contributed by atoms with E-state index >= 15 is 0 Å². The number of benzene rings is 1. The van der Waals surface area contributed by atoms with Crippen LogP contribution in [0.25, 0.3) is 0 Å². The SMILES string of the molecule is Cn1cc(CN(Cc2ccc(Cl)cc2)CC2(C)CCNC2)cn1. The molecular formula is C18H25ClN4. The van der Waals surface area contributed by atoms with E-state index < -0.39 is 0 Å². The van der Waals surface area contributed by atoms with Crippen LogP contribution in [0.5, 0.6) is 0 Å². The summed E-state index contributed by atoms with van der Waals surface area (Å²) in [5, 5.41) is 8.59. The van der Waals surface area contributed by atoms with Crippen molar-refractivity contribution in [2.45, 2.75) is 26.4 Å². The van der Waals surface area contributed by atoms with Crippen LogP contribution in [-0.2, 0) is 20.1 Å². The average Bonchev–Trinajstić information content (AvgIpc) is 3.10. The van der Waals surface area contributed by atoms with E-state index in [9.17, 15) is 0 Å². The van der Waals surface area contributed by atoms with E-state index in [-0.39, 0.29) is 0 Å². The summed E-state index contributed by atoms with van der Waals surface area (Å²) in [5.41, 5.74) is 2.90. The first-order valence-corrected chi connectivity index (χ1v) is 8.55. The van der Waals surface area contributed by atoms with E-state index in [2.05, 4.69) is 40.6 Å². The number of hydrogen-bond donors (Lipinski definition) is 1. The number of halogens is 1. The maximum atomic E-state index is 6.01. The lowest BCUT2D eigenvalue weighted by Crippen LogP contribution is -2.36. The molecule has 1 unspecified atom stereocenters. The van der Waals surface area contributed by atoms with Gasteiger partial charge in [-0.05, 0) is 36.1 Å². The predicted molar refractivity (Wildman–Crippen MR) is 94.4 cm³/mol. The van der Waals surface area contributed by atoms with Crippen molar-refractivity contribution in [1.82, 2.24) is 20.0 Å². The van der Waals surface area contributed by atoms with Gasteiger partial charge in [0, 0.05) is 50.0 Å². The van der Waals surface area contributed by atoms with Gasteiger partial charge in [0.05, 0.1) is 6.20 Å². The molecule has 0 spiro atoms. The molecule has 1 aliphatic rings. The van der Waals surface area contributed by atoms with Gasteiger partial charge in [-0.3, -0.25) is 9.58 Å². The van der Waals surface area contributed by atoms with Crippen molar-refractivity contribution in [2.75, 3.05) is 19.6 Å². The fourth-order valence-corrected chi connectivity index (χ4v) is 3.50. The van der Waals surface area contributed by atoms with Gasteiger partial charge < -0.3 is 5.32 Å². The quantitative estimate of drug-likeness (QED) is 0.882. The normalized spacial score (nSPS) is 21.2. The molecule has 1 aromatic carbocycles. The van der Waals surface area contributed by atoms with Crippen LogP contribution >= 0.6 is 11.6 Å². The monoisotopic (exact) mass is 332 g/mol. The van der Waals surface area contributed by atoms with Crippen LogP contribution < -0.4 is 5.32 Å². The van der Waals surface area contributed by atoms with Crippen molar-refractivity contribution in [3.05, 3.63) is 52.8 Å². The molecule has 23 heavy (non-hydrogen) atoms. The predicted octanol–water partition coefficient (Wildman–Crippen LogP) is 3.08. The second-order valence-corrected chi connectivity index (χ2v) is 7.47. The molecule has 0 aliphatic carbocycles. The number of nitrogens with one attached hydrogen (secondary N) is 1. The molecule has 2 aromatic rings. The van der Waals surface area contributed by atoms with Crippen LogP contribution in [0.3, 0.4) is 0 Å². The highest BCUT2D eigenvalue weighted by Gasteiger charge is 2.30. The average molecular weight is 333 g/mol. The molecule has 2 heterocycles. The van der Waals surface area contributed by atoms with Crippen molar-refractivity contribution in [1.29, 1.82) is 0 Å². The Hall–Kier alpha value is -1.36. The van der Waals surface area contributed by atoms with Crippen molar-refractivity contribution in [2.24, 2.45) is 12.5 Å². The summed E-state index contributed by atoms with van der Waals surface area (Å²) in [5.74, 6) is 0. The molecule has 1 fully saturated rings. The number of rotatable bonds is 6. The molecule has 1 atom stereocenters. The Morgan fingerprint density at radius 3 is 2.61 bits per heavy atom. The van der Waals surface area contributed by atoms with Crippen molar-refractivity contribution < 1.29 is 0 Å². The number of nitrogens with zero attached hydrogens (tertiary/aromatic N) is 3. The summed E-state index contributed by atoms with van der Waals surface area (Å²) in [6, 6.07) is 8.18. The Morgan fingerprint density at radius 2 is 2.00 bits per heavy atom. The molecule has 1 aliphatic heterocycles. The Morgan fingerprint density at radius 1 is 1.26 bits per heavy atom. The first kappa shape index (κ1) is 16.5. The van der Waals surface area contributed by atoms with Gasteiger partial charge in [0.15, 0.2) is 0 Å². The lowest BCUT2D eigenvalue weighted by molar-refractivity contribution is 0.163. The summed E-state index contributed by atoms with van der Waals surface area (Å²) in [4.78, 5) is 2.52. The lowest BCUT2D eigenvalue weighted by Gasteiger charge is -2.32. The summed E-state index contributed by atoms with van der Waals surface area (Å²) in [7, 11) is 1.97. The third-order valence-electron chi connectivity index (χ3n) is 4.55. The second kappa shape index (κ2) is 7.04. The smallest absolute Gasteiger partial charge is 0.0534 e. The molecule has 1 saturated heterocycles. The highest BCUT2D eigenvalue weighted by molar-refractivity contribution is 6.30. The first-order chi connectivity index (χ1) is 11.0. The maximum Gasteiger partial charge on any atom is 0.0534 e. The number of aromatic nitrogens is 2. The molecule has 0 radical (unpaired) electrons. The van der Waals surface area contributed by atoms with Crippen molar-refractivity contribution >= 4 is 11.6 Å². The maximum absolute atomic E-state index is 6.01. The molecule has 1 aromatic heterocycles. The largest absolute Gasteiger partial charge is 0.316 e. The fraction of sp³-hybridized carbons (Fsp3) is 0.500. The highest BCUT2D eigenvalue weighted by atomic mass is 35.5. The standard InChI is InChI=1S/C18H25ClN4/c1-18(7-8-20-13-18)14-23(12-16-9-21-22(2)10-16)11-15-3-5-17(19)6-4-15/h3-6,9-10,20H,7-8,11-14H2,1-2H3. The molecular weight excluding hydrogens is 308 g/mol. The highest BCUT2D eigenvalue weighted by Crippen LogP contribution is 2.27. The number of aryl methyl sites for hydroxylation is 1. The van der Waals surface area contributed by atoms with E-state index in [1.165, 1.54) is 17.5 Å². The second-order valence-electron chi connectivity index (χ2n) is 7.03. The molecule has 5 heteroatoms. The van der Waals surface area contributed by atoms with Gasteiger partial charge in [0.2, 0.25) is 0 Å². The van der Waals surface area contributed by atoms with E-state index in [1.54, 1.807) is 0 Å². The van der Waals surface area contributed by atoms with E-state index in [0.717, 1.165) is 37.7 Å². The third kappa shape index (κ3) is 4.56. The first-order valence-electron chi connectivity index (χ1n) is 8.17. The molecule has 0 saturated carbocycles. The van der Waals surface area contributed by atoms with Crippen LogP contribution in [0.1, 0.15) is 24.5 Å². The van der Waals surface area contributed by atoms with Gasteiger partial charge in [-0.1, -0.05) is 30.7 Å². The van der Waals surface area contributed by atoms with Gasteiger partial charge in [0.1, 0.15) is 0 Å². The molecule has 4 nitrogen and oxygen atoms in total. The minimum atomic E-state index is 0.342. The van der Waals surface area contributed by atoms with Gasteiger partial charge in [-0.2, -0.15) is 5.10 Å². The van der Waals surface area contributed by atoms with E-state index in [0.29, 0.717) is 5.41 Å². The van der Waals surface area contributed by atoms with Crippen LogP contribution in [0.2, 0.25) is 5.02 Å². The zero-order chi connectivity index (χ0) is 16.3. The van der Waals surface area contributed by atoms with Gasteiger partial charge in [-0.15, -0.1) is 0 Å². The summed E-state index contributed by atoms with van der Waals surface area (Å²) >= 11 is 6.01. The molecule has 0 amide bonds. The Balaban J connectivity index is 1.73. The molecule has 3 rings (SSSR count). The minimum Gasteiger partial charge on any atom is -0.316 e. The van der Waals surface area contributed by atoms with E-state index in [1.807, 2.05) is 30.1 Å². The van der Waals surface area contributed by atoms with Gasteiger partial charge in [0.25, 0.3) is 0 Å². The zero-order valence-electron chi connectivity index (χ0n) is 13.9. The summed E-state index contributed by atoms with van der Waals surface area (Å²) in [6.45, 7) is 7.53. The fourth-order valence-electron chi connectivity index (χ4n) is 3.37. The summed E-state index contributed by atoms with van der Waals surface area (Å²) in [6.07, 6.45) is 5.30. The summed E-state index contributed by atoms with van der Waals surface area (Å²) < 4.78 is 1.87. The molecule has 0 bridgehead atoms. The van der Waals surface area contributed by atoms with Gasteiger partial charge in [-0.25, -0.2) is 0 Å². The van der Waals surface area contributed by atoms with Crippen LogP contribution in [0.4, 0.5) is 0 Å². The van der Waals surface area contributed by atoms with Gasteiger partial charge >= 0.3 is 0 Å².